The number of hydrogen-bond acceptors (Lipinski definition) is 4. The molecule has 3 N–H and O–H groups in total. The number of nitrogens with zero attached hydrogens (tertiary/aromatic N) is 2. The Balaban J connectivity index is 1.99. The Bertz CT molecular complexity index is 535. The number of alkyl halides is 3. The molecule has 4 amide bonds. The number of amides is 4. The normalized spacial score (nSPS) is 28.3. The molecule has 0 spiro atoms. The molecule has 0 aromatic carbocycles. The van der Waals surface area contributed by atoms with Gasteiger partial charge < -0.3 is 16.0 Å². The van der Waals surface area contributed by atoms with Gasteiger partial charge in [-0.3, -0.25) is 14.5 Å². The number of nitrogens with one attached hydrogen (secondary N) is 1. The molecule has 7 nitrogen and oxygen atoms in total. The van der Waals surface area contributed by atoms with E-state index in [-0.39, 0.29) is 26.2 Å². The van der Waals surface area contributed by atoms with Crippen molar-refractivity contribution in [3.05, 3.63) is 0 Å². The van der Waals surface area contributed by atoms with Crippen LogP contribution in [0.3, 0.4) is 0 Å². The smallest absolute Gasteiger partial charge is 0.369 e. The number of halogens is 3. The van der Waals surface area contributed by atoms with Gasteiger partial charge in [-0.1, -0.05) is 0 Å². The SMILES string of the molecule is CC1(C)NC(=O)N(CCN2C[C@@H](C(F)(F)F)[C@H](C(N)=O)C2)C1=O. The minimum Gasteiger partial charge on any atom is -0.369 e. The van der Waals surface area contributed by atoms with Gasteiger partial charge in [-0.05, 0) is 13.8 Å². The maximum Gasteiger partial charge on any atom is 0.393 e. The third kappa shape index (κ3) is 3.41. The third-order valence-electron chi connectivity index (χ3n) is 4.27. The topological polar surface area (TPSA) is 95.7 Å². The fourth-order valence-electron chi connectivity index (χ4n) is 2.95. The molecule has 2 atom stereocenters. The number of hydrogen-bond donors (Lipinski definition) is 2. The Labute approximate surface area is 130 Å². The highest BCUT2D eigenvalue weighted by atomic mass is 19.4. The van der Waals surface area contributed by atoms with E-state index < -0.39 is 41.4 Å². The summed E-state index contributed by atoms with van der Waals surface area (Å²) in [4.78, 5) is 37.3. The van der Waals surface area contributed by atoms with Crippen molar-refractivity contribution in [3.8, 4) is 0 Å². The molecule has 0 bridgehead atoms. The first kappa shape index (κ1) is 17.5. The van der Waals surface area contributed by atoms with Crippen molar-refractivity contribution in [2.45, 2.75) is 25.6 Å². The van der Waals surface area contributed by atoms with Gasteiger partial charge in [0.25, 0.3) is 5.91 Å². The maximum atomic E-state index is 12.9. The average Bonchev–Trinajstić information content (AvgIpc) is 2.89. The number of rotatable bonds is 4. The van der Waals surface area contributed by atoms with Crippen molar-refractivity contribution >= 4 is 17.8 Å². The highest BCUT2D eigenvalue weighted by Crippen LogP contribution is 2.37. The molecular formula is C13H19F3N4O3. The lowest BCUT2D eigenvalue weighted by molar-refractivity contribution is -0.182. The zero-order valence-electron chi connectivity index (χ0n) is 12.8. The van der Waals surface area contributed by atoms with Crippen LogP contribution in [0.25, 0.3) is 0 Å². The van der Waals surface area contributed by atoms with Crippen LogP contribution in [0.1, 0.15) is 13.8 Å². The Morgan fingerprint density at radius 1 is 1.30 bits per heavy atom. The largest absolute Gasteiger partial charge is 0.393 e. The second-order valence-electron chi connectivity index (χ2n) is 6.43. The lowest BCUT2D eigenvalue weighted by Gasteiger charge is -2.21. The molecule has 0 radical (unpaired) electrons. The minimum absolute atomic E-state index is 0.0375. The monoisotopic (exact) mass is 336 g/mol. The summed E-state index contributed by atoms with van der Waals surface area (Å²) >= 11 is 0. The first-order chi connectivity index (χ1) is 10.4. The minimum atomic E-state index is -4.52. The highest BCUT2D eigenvalue weighted by Gasteiger charge is 2.52. The molecule has 2 heterocycles. The molecule has 0 aliphatic carbocycles. The quantitative estimate of drug-likeness (QED) is 0.702. The van der Waals surface area contributed by atoms with E-state index in [9.17, 15) is 27.6 Å². The van der Waals surface area contributed by atoms with Gasteiger partial charge in [0.05, 0.1) is 11.8 Å². The number of urea groups is 1. The van der Waals surface area contributed by atoms with Crippen LogP contribution in [-0.2, 0) is 9.59 Å². The highest BCUT2D eigenvalue weighted by molar-refractivity contribution is 6.06. The van der Waals surface area contributed by atoms with Crippen molar-refractivity contribution in [2.75, 3.05) is 26.2 Å². The maximum absolute atomic E-state index is 12.9. The summed E-state index contributed by atoms with van der Waals surface area (Å²) < 4.78 is 38.8. The third-order valence-corrected chi connectivity index (χ3v) is 4.27. The number of carbonyl (C=O) groups excluding carboxylic acids is 3. The molecule has 0 aromatic rings. The number of primary amides is 1. The summed E-state index contributed by atoms with van der Waals surface area (Å²) in [6.45, 7) is 2.62. The van der Waals surface area contributed by atoms with Gasteiger partial charge in [-0.25, -0.2) is 4.79 Å². The van der Waals surface area contributed by atoms with Crippen molar-refractivity contribution in [2.24, 2.45) is 17.6 Å². The molecule has 0 unspecified atom stereocenters. The Hall–Kier alpha value is -1.84. The molecule has 2 aliphatic rings. The van der Waals surface area contributed by atoms with Crippen LogP contribution in [0.4, 0.5) is 18.0 Å². The zero-order valence-corrected chi connectivity index (χ0v) is 12.8. The van der Waals surface area contributed by atoms with Crippen molar-refractivity contribution in [1.29, 1.82) is 0 Å². The number of imide groups is 1. The summed E-state index contributed by atoms with van der Waals surface area (Å²) in [5, 5.41) is 2.49. The fraction of sp³-hybridized carbons (Fsp3) is 0.769. The molecule has 2 aliphatic heterocycles. The van der Waals surface area contributed by atoms with Crippen LogP contribution < -0.4 is 11.1 Å². The van der Waals surface area contributed by atoms with E-state index in [0.717, 1.165) is 4.90 Å². The molecule has 23 heavy (non-hydrogen) atoms. The van der Waals surface area contributed by atoms with Crippen molar-refractivity contribution < 1.29 is 27.6 Å². The van der Waals surface area contributed by atoms with Crippen LogP contribution >= 0.6 is 0 Å². The summed E-state index contributed by atoms with van der Waals surface area (Å²) in [7, 11) is 0. The zero-order chi connectivity index (χ0) is 17.6. The Morgan fingerprint density at radius 3 is 2.30 bits per heavy atom. The van der Waals surface area contributed by atoms with E-state index in [2.05, 4.69) is 5.32 Å². The van der Waals surface area contributed by atoms with Crippen LogP contribution in [0.5, 0.6) is 0 Å². The molecule has 10 heteroatoms. The second kappa shape index (κ2) is 5.66. The standard InChI is InChI=1S/C13H19F3N4O3/c1-12(2)10(22)20(11(23)18-12)4-3-19-5-7(9(17)21)8(6-19)13(14,15)16/h7-8H,3-6H2,1-2H3,(H2,17,21)(H,18,23)/t7-,8-/m1/s1. The average molecular weight is 336 g/mol. The van der Waals surface area contributed by atoms with Crippen LogP contribution in [0, 0.1) is 11.8 Å². The van der Waals surface area contributed by atoms with Crippen molar-refractivity contribution in [3.63, 3.8) is 0 Å². The molecule has 2 fully saturated rings. The van der Waals surface area contributed by atoms with Gasteiger partial charge >= 0.3 is 12.2 Å². The summed E-state index contributed by atoms with van der Waals surface area (Å²) in [5.74, 6) is -4.56. The summed E-state index contributed by atoms with van der Waals surface area (Å²) in [6.07, 6.45) is -4.52. The van der Waals surface area contributed by atoms with Crippen LogP contribution in [0.2, 0.25) is 0 Å². The molecule has 130 valence electrons. The van der Waals surface area contributed by atoms with Gasteiger partial charge in [0.1, 0.15) is 5.54 Å². The predicted octanol–water partition coefficient (Wildman–Crippen LogP) is -0.0876. The van der Waals surface area contributed by atoms with Gasteiger partial charge in [0, 0.05) is 26.2 Å². The lowest BCUT2D eigenvalue weighted by Crippen LogP contribution is -2.41. The molecule has 2 rings (SSSR count). The molecule has 0 saturated carbocycles. The lowest BCUT2D eigenvalue weighted by atomic mass is 9.95. The first-order valence-corrected chi connectivity index (χ1v) is 7.16. The Kier molecular flexibility index (Phi) is 4.31. The Morgan fingerprint density at radius 2 is 1.91 bits per heavy atom. The molecule has 0 aromatic heterocycles. The predicted molar refractivity (Wildman–Crippen MR) is 73.0 cm³/mol. The van der Waals surface area contributed by atoms with Gasteiger partial charge in [-0.15, -0.1) is 0 Å². The molecule has 2 saturated heterocycles. The second-order valence-corrected chi connectivity index (χ2v) is 6.43. The van der Waals surface area contributed by atoms with E-state index in [0.29, 0.717) is 0 Å². The van der Waals surface area contributed by atoms with Gasteiger partial charge in [0.15, 0.2) is 0 Å². The molecular weight excluding hydrogens is 317 g/mol. The van der Waals surface area contributed by atoms with Crippen molar-refractivity contribution in [1.82, 2.24) is 15.1 Å². The van der Waals surface area contributed by atoms with Gasteiger partial charge in [0.2, 0.25) is 5.91 Å². The van der Waals surface area contributed by atoms with E-state index >= 15 is 0 Å². The number of likely N-dealkylation sites (tertiary alicyclic amines) is 1. The summed E-state index contributed by atoms with van der Waals surface area (Å²) in [6, 6.07) is -0.571. The van der Waals surface area contributed by atoms with E-state index in [4.69, 9.17) is 5.73 Å². The van der Waals surface area contributed by atoms with Crippen LogP contribution in [-0.4, -0.2) is 65.5 Å². The number of carbonyl (C=O) groups is 3. The van der Waals surface area contributed by atoms with Gasteiger partial charge in [-0.2, -0.15) is 13.2 Å². The van der Waals surface area contributed by atoms with E-state index in [1.54, 1.807) is 13.8 Å². The first-order valence-electron chi connectivity index (χ1n) is 7.16. The van der Waals surface area contributed by atoms with E-state index in [1.165, 1.54) is 4.90 Å². The van der Waals surface area contributed by atoms with Crippen LogP contribution in [0.15, 0.2) is 0 Å². The summed E-state index contributed by atoms with van der Waals surface area (Å²) in [5.41, 5.74) is 4.03. The van der Waals surface area contributed by atoms with E-state index in [1.807, 2.05) is 0 Å². The number of nitrogens with two attached hydrogens (primary N) is 1. The fourth-order valence-corrected chi connectivity index (χ4v) is 2.95.